The van der Waals surface area contributed by atoms with Crippen LogP contribution in [0, 0.1) is 5.92 Å². The van der Waals surface area contributed by atoms with Gasteiger partial charge in [-0.2, -0.15) is 0 Å². The first kappa shape index (κ1) is 20.2. The SMILES string of the molecule is CC1CCCC(C)N1C(=O)CN1C[C@@H](CN)[C@H](c2ccccc2)C1.Cl. The minimum atomic E-state index is 0. The molecular formula is C20H32ClN3O. The first-order valence-electron chi connectivity index (χ1n) is 9.38. The highest BCUT2D eigenvalue weighted by atomic mass is 35.5. The second-order valence-corrected chi connectivity index (χ2v) is 7.64. The van der Waals surface area contributed by atoms with Crippen LogP contribution in [0.3, 0.4) is 0 Å². The van der Waals surface area contributed by atoms with Crippen LogP contribution >= 0.6 is 12.4 Å². The Morgan fingerprint density at radius 1 is 1.12 bits per heavy atom. The van der Waals surface area contributed by atoms with Crippen molar-refractivity contribution in [2.75, 3.05) is 26.2 Å². The Kier molecular flexibility index (Phi) is 7.29. The van der Waals surface area contributed by atoms with E-state index in [1.54, 1.807) is 0 Å². The standard InChI is InChI=1S/C20H31N3O.ClH/c1-15-7-6-8-16(2)23(15)20(24)14-22-12-18(11-21)19(13-22)17-9-4-3-5-10-17;/h3-5,9-10,15-16,18-19H,6-8,11-14,21H2,1-2H3;1H/t15?,16?,18-,19+;/m1./s1. The van der Waals surface area contributed by atoms with Gasteiger partial charge in [-0.15, -0.1) is 12.4 Å². The molecule has 2 heterocycles. The van der Waals surface area contributed by atoms with Crippen LogP contribution in [0.5, 0.6) is 0 Å². The number of amides is 1. The summed E-state index contributed by atoms with van der Waals surface area (Å²) >= 11 is 0. The van der Waals surface area contributed by atoms with Crippen molar-refractivity contribution >= 4 is 18.3 Å². The molecule has 1 aromatic carbocycles. The zero-order valence-electron chi connectivity index (χ0n) is 15.4. The molecule has 4 atom stereocenters. The maximum Gasteiger partial charge on any atom is 0.237 e. The van der Waals surface area contributed by atoms with Gasteiger partial charge in [0.15, 0.2) is 0 Å². The van der Waals surface area contributed by atoms with E-state index in [2.05, 4.69) is 54.0 Å². The normalized spacial score (nSPS) is 30.1. The van der Waals surface area contributed by atoms with E-state index >= 15 is 0 Å². The minimum absolute atomic E-state index is 0. The number of nitrogens with zero attached hydrogens (tertiary/aromatic N) is 2. The van der Waals surface area contributed by atoms with E-state index in [0.29, 0.717) is 42.9 Å². The molecule has 0 saturated carbocycles. The summed E-state index contributed by atoms with van der Waals surface area (Å²) in [6.45, 7) is 7.46. The predicted molar refractivity (Wildman–Crippen MR) is 105 cm³/mol. The van der Waals surface area contributed by atoms with Gasteiger partial charge in [0.25, 0.3) is 0 Å². The lowest BCUT2D eigenvalue weighted by Gasteiger charge is -2.39. The molecular weight excluding hydrogens is 334 g/mol. The molecule has 0 spiro atoms. The van der Waals surface area contributed by atoms with Gasteiger partial charge in [0, 0.05) is 31.1 Å². The van der Waals surface area contributed by atoms with Crippen LogP contribution in [0.1, 0.15) is 44.6 Å². The van der Waals surface area contributed by atoms with Crippen molar-refractivity contribution in [3.63, 3.8) is 0 Å². The summed E-state index contributed by atoms with van der Waals surface area (Å²) in [7, 11) is 0. The fourth-order valence-corrected chi connectivity index (χ4v) is 4.59. The molecule has 5 heteroatoms. The quantitative estimate of drug-likeness (QED) is 0.892. The molecule has 140 valence electrons. The first-order valence-corrected chi connectivity index (χ1v) is 9.38. The van der Waals surface area contributed by atoms with E-state index in [1.807, 2.05) is 0 Å². The first-order chi connectivity index (χ1) is 11.6. The predicted octanol–water partition coefficient (Wildman–Crippen LogP) is 2.87. The lowest BCUT2D eigenvalue weighted by molar-refractivity contribution is -0.138. The Hall–Kier alpha value is -1.10. The van der Waals surface area contributed by atoms with Crippen molar-refractivity contribution in [2.24, 2.45) is 11.7 Å². The van der Waals surface area contributed by atoms with Gasteiger partial charge in [-0.3, -0.25) is 9.69 Å². The lowest BCUT2D eigenvalue weighted by atomic mass is 9.89. The van der Waals surface area contributed by atoms with E-state index < -0.39 is 0 Å². The number of carbonyl (C=O) groups is 1. The van der Waals surface area contributed by atoms with Crippen LogP contribution in [-0.4, -0.2) is 54.0 Å². The average molecular weight is 366 g/mol. The second-order valence-electron chi connectivity index (χ2n) is 7.64. The van der Waals surface area contributed by atoms with Crippen LogP contribution < -0.4 is 5.73 Å². The Bertz CT molecular complexity index is 543. The Morgan fingerprint density at radius 2 is 1.76 bits per heavy atom. The third-order valence-electron chi connectivity index (χ3n) is 5.89. The smallest absolute Gasteiger partial charge is 0.237 e. The van der Waals surface area contributed by atoms with Crippen LogP contribution in [0.2, 0.25) is 0 Å². The summed E-state index contributed by atoms with van der Waals surface area (Å²) in [6.07, 6.45) is 3.50. The molecule has 2 aliphatic rings. The molecule has 1 amide bonds. The summed E-state index contributed by atoms with van der Waals surface area (Å²) < 4.78 is 0. The van der Waals surface area contributed by atoms with Crippen LogP contribution in [0.4, 0.5) is 0 Å². The van der Waals surface area contributed by atoms with Crippen molar-refractivity contribution in [1.29, 1.82) is 0 Å². The van der Waals surface area contributed by atoms with Crippen molar-refractivity contribution in [2.45, 2.75) is 51.1 Å². The van der Waals surface area contributed by atoms with Gasteiger partial charge in [0.2, 0.25) is 5.91 Å². The number of likely N-dealkylation sites (tertiary alicyclic amines) is 2. The third kappa shape index (κ3) is 4.55. The molecule has 1 aromatic rings. The zero-order valence-corrected chi connectivity index (χ0v) is 16.3. The molecule has 0 aromatic heterocycles. The third-order valence-corrected chi connectivity index (χ3v) is 5.89. The summed E-state index contributed by atoms with van der Waals surface area (Å²) in [6, 6.07) is 11.4. The van der Waals surface area contributed by atoms with Crippen molar-refractivity contribution in [3.8, 4) is 0 Å². The van der Waals surface area contributed by atoms with E-state index in [-0.39, 0.29) is 12.4 Å². The van der Waals surface area contributed by atoms with Gasteiger partial charge in [0.1, 0.15) is 0 Å². The highest BCUT2D eigenvalue weighted by molar-refractivity contribution is 5.85. The van der Waals surface area contributed by atoms with Gasteiger partial charge < -0.3 is 10.6 Å². The van der Waals surface area contributed by atoms with Crippen LogP contribution in [-0.2, 0) is 4.79 Å². The molecule has 0 bridgehead atoms. The summed E-state index contributed by atoms with van der Waals surface area (Å²) in [5, 5.41) is 0. The van der Waals surface area contributed by atoms with Crippen LogP contribution in [0.25, 0.3) is 0 Å². The number of nitrogens with two attached hydrogens (primary N) is 1. The van der Waals surface area contributed by atoms with Gasteiger partial charge in [-0.25, -0.2) is 0 Å². The highest BCUT2D eigenvalue weighted by Crippen LogP contribution is 2.32. The molecule has 3 rings (SSSR count). The Balaban J connectivity index is 0.00000225. The highest BCUT2D eigenvalue weighted by Gasteiger charge is 2.36. The molecule has 2 unspecified atom stereocenters. The van der Waals surface area contributed by atoms with Crippen molar-refractivity contribution < 1.29 is 4.79 Å². The molecule has 2 saturated heterocycles. The Morgan fingerprint density at radius 3 is 2.36 bits per heavy atom. The van der Waals surface area contributed by atoms with E-state index in [1.165, 1.54) is 12.0 Å². The lowest BCUT2D eigenvalue weighted by Crippen LogP contribution is -2.50. The zero-order chi connectivity index (χ0) is 17.1. The largest absolute Gasteiger partial charge is 0.336 e. The second kappa shape index (κ2) is 9.02. The molecule has 25 heavy (non-hydrogen) atoms. The number of benzene rings is 1. The van der Waals surface area contributed by atoms with Gasteiger partial charge in [-0.05, 0) is 51.1 Å². The molecule has 2 N–H and O–H groups in total. The topological polar surface area (TPSA) is 49.6 Å². The minimum Gasteiger partial charge on any atom is -0.336 e. The van der Waals surface area contributed by atoms with E-state index in [4.69, 9.17) is 5.73 Å². The van der Waals surface area contributed by atoms with E-state index in [0.717, 1.165) is 25.9 Å². The number of carbonyl (C=O) groups excluding carboxylic acids is 1. The molecule has 0 radical (unpaired) electrons. The molecule has 2 fully saturated rings. The summed E-state index contributed by atoms with van der Waals surface area (Å²) in [5.41, 5.74) is 7.37. The number of piperidine rings is 1. The average Bonchev–Trinajstić information content (AvgIpc) is 2.98. The maximum atomic E-state index is 12.9. The summed E-state index contributed by atoms with van der Waals surface area (Å²) in [5.74, 6) is 1.18. The number of hydrogen-bond donors (Lipinski definition) is 1. The van der Waals surface area contributed by atoms with Crippen molar-refractivity contribution in [1.82, 2.24) is 9.80 Å². The fraction of sp³-hybridized carbons (Fsp3) is 0.650. The van der Waals surface area contributed by atoms with Crippen molar-refractivity contribution in [3.05, 3.63) is 35.9 Å². The van der Waals surface area contributed by atoms with Crippen LogP contribution in [0.15, 0.2) is 30.3 Å². The number of halogens is 1. The number of hydrogen-bond acceptors (Lipinski definition) is 3. The summed E-state index contributed by atoms with van der Waals surface area (Å²) in [4.78, 5) is 17.3. The Labute approximate surface area is 158 Å². The van der Waals surface area contributed by atoms with Gasteiger partial charge in [0.05, 0.1) is 6.54 Å². The van der Waals surface area contributed by atoms with Gasteiger partial charge >= 0.3 is 0 Å². The number of rotatable bonds is 4. The van der Waals surface area contributed by atoms with E-state index in [9.17, 15) is 4.79 Å². The molecule has 0 aliphatic carbocycles. The monoisotopic (exact) mass is 365 g/mol. The molecule has 2 aliphatic heterocycles. The fourth-order valence-electron chi connectivity index (χ4n) is 4.59. The molecule has 4 nitrogen and oxygen atoms in total. The maximum absolute atomic E-state index is 12.9. The van der Waals surface area contributed by atoms with Gasteiger partial charge in [-0.1, -0.05) is 30.3 Å².